The Morgan fingerprint density at radius 1 is 1.25 bits per heavy atom. The van der Waals surface area contributed by atoms with Crippen molar-refractivity contribution in [2.24, 2.45) is 5.92 Å². The molecule has 0 saturated carbocycles. The molecular weight excluding hydrogens is 252 g/mol. The van der Waals surface area contributed by atoms with Gasteiger partial charge in [0.25, 0.3) is 0 Å². The van der Waals surface area contributed by atoms with E-state index in [2.05, 4.69) is 23.7 Å². The Balaban J connectivity index is 1.98. The number of methoxy groups -OCH3 is 1. The highest BCUT2D eigenvalue weighted by atomic mass is 16.5. The first kappa shape index (κ1) is 13.2. The predicted octanol–water partition coefficient (Wildman–Crippen LogP) is 2.45. The van der Waals surface area contributed by atoms with Gasteiger partial charge in [-0.15, -0.1) is 0 Å². The molecule has 0 spiro atoms. The number of pyridine rings is 1. The Kier molecular flexibility index (Phi) is 3.05. The number of anilines is 1. The van der Waals surface area contributed by atoms with Gasteiger partial charge in [-0.05, 0) is 18.1 Å². The fourth-order valence-electron chi connectivity index (χ4n) is 2.72. The third kappa shape index (κ3) is 1.91. The lowest BCUT2D eigenvalue weighted by Crippen LogP contribution is -2.65. The molecule has 3 rings (SSSR count). The van der Waals surface area contributed by atoms with E-state index >= 15 is 0 Å². The van der Waals surface area contributed by atoms with E-state index in [9.17, 15) is 5.11 Å². The minimum atomic E-state index is -0.595. The maximum absolute atomic E-state index is 10.4. The van der Waals surface area contributed by atoms with Crippen LogP contribution in [0.1, 0.15) is 13.8 Å². The number of hydrogen-bond acceptors (Lipinski definition) is 4. The van der Waals surface area contributed by atoms with Crippen LogP contribution in [-0.2, 0) is 0 Å². The summed E-state index contributed by atoms with van der Waals surface area (Å²) >= 11 is 0. The maximum atomic E-state index is 10.4. The molecule has 1 N–H and O–H groups in total. The number of aliphatic hydroxyl groups is 1. The molecule has 0 bridgehead atoms. The number of hydrogen-bond donors (Lipinski definition) is 1. The average molecular weight is 272 g/mol. The molecule has 20 heavy (non-hydrogen) atoms. The minimum absolute atomic E-state index is 0.253. The zero-order valence-corrected chi connectivity index (χ0v) is 12.1. The Bertz CT molecular complexity index is 633. The van der Waals surface area contributed by atoms with Crippen LogP contribution in [0, 0.1) is 5.92 Å². The van der Waals surface area contributed by atoms with Crippen LogP contribution in [0.2, 0.25) is 0 Å². The van der Waals surface area contributed by atoms with Crippen LogP contribution in [0.3, 0.4) is 0 Å². The molecule has 1 saturated heterocycles. The molecule has 4 heteroatoms. The maximum Gasteiger partial charge on any atom is 0.136 e. The van der Waals surface area contributed by atoms with E-state index < -0.39 is 5.60 Å². The zero-order chi connectivity index (χ0) is 14.3. The van der Waals surface area contributed by atoms with E-state index in [1.54, 1.807) is 13.3 Å². The Morgan fingerprint density at radius 3 is 2.65 bits per heavy atom. The molecule has 1 aliphatic heterocycles. The molecule has 2 heterocycles. The Hall–Kier alpha value is -1.81. The van der Waals surface area contributed by atoms with Crippen LogP contribution in [-0.4, -0.2) is 35.9 Å². The fourth-order valence-corrected chi connectivity index (χ4v) is 2.72. The normalized spacial score (nSPS) is 17.4. The minimum Gasteiger partial charge on any atom is -0.496 e. The van der Waals surface area contributed by atoms with Crippen molar-refractivity contribution in [2.75, 3.05) is 25.1 Å². The molecule has 0 amide bonds. The largest absolute Gasteiger partial charge is 0.496 e. The third-order valence-electron chi connectivity index (χ3n) is 4.27. The monoisotopic (exact) mass is 272 g/mol. The summed E-state index contributed by atoms with van der Waals surface area (Å²) in [5, 5.41) is 12.5. The zero-order valence-electron chi connectivity index (χ0n) is 12.1. The van der Waals surface area contributed by atoms with Crippen LogP contribution in [0.25, 0.3) is 10.8 Å². The average Bonchev–Trinajstić information content (AvgIpc) is 2.42. The lowest BCUT2D eigenvalue weighted by Gasteiger charge is -2.49. The quantitative estimate of drug-likeness (QED) is 0.932. The molecule has 1 aromatic carbocycles. The second-order valence-electron chi connectivity index (χ2n) is 5.80. The number of ether oxygens (including phenoxy) is 1. The van der Waals surface area contributed by atoms with Crippen molar-refractivity contribution in [1.82, 2.24) is 4.98 Å². The van der Waals surface area contributed by atoms with E-state index in [1.807, 2.05) is 24.3 Å². The summed E-state index contributed by atoms with van der Waals surface area (Å²) in [4.78, 5) is 6.62. The van der Waals surface area contributed by atoms with E-state index in [1.165, 1.54) is 0 Å². The van der Waals surface area contributed by atoms with Gasteiger partial charge in [0.15, 0.2) is 0 Å². The summed E-state index contributed by atoms with van der Waals surface area (Å²) < 4.78 is 5.40. The molecule has 2 aromatic rings. The summed E-state index contributed by atoms with van der Waals surface area (Å²) in [7, 11) is 1.68. The summed E-state index contributed by atoms with van der Waals surface area (Å²) in [5.41, 5.74) is -0.595. The van der Waals surface area contributed by atoms with Gasteiger partial charge in [0.1, 0.15) is 17.2 Å². The van der Waals surface area contributed by atoms with E-state index in [4.69, 9.17) is 4.74 Å². The standard InChI is InChI=1S/C16H20N2O2/c1-11(2)16(19)9-18(10-16)15-13-5-4-6-14(20-3)12(13)7-8-17-15/h4-8,11,19H,9-10H2,1-3H3. The molecule has 106 valence electrons. The van der Waals surface area contributed by atoms with Gasteiger partial charge in [-0.2, -0.15) is 0 Å². The molecular formula is C16H20N2O2. The van der Waals surface area contributed by atoms with Crippen molar-refractivity contribution in [2.45, 2.75) is 19.4 Å². The smallest absolute Gasteiger partial charge is 0.136 e. The van der Waals surface area contributed by atoms with Crippen LogP contribution >= 0.6 is 0 Å². The second kappa shape index (κ2) is 4.63. The van der Waals surface area contributed by atoms with Gasteiger partial charge in [0.05, 0.1) is 20.2 Å². The highest BCUT2D eigenvalue weighted by molar-refractivity contribution is 5.96. The number of rotatable bonds is 3. The number of fused-ring (bicyclic) bond motifs is 1. The Morgan fingerprint density at radius 2 is 2.00 bits per heavy atom. The number of nitrogens with zero attached hydrogens (tertiary/aromatic N) is 2. The van der Waals surface area contributed by atoms with Crippen molar-refractivity contribution in [3.05, 3.63) is 30.5 Å². The van der Waals surface area contributed by atoms with E-state index in [-0.39, 0.29) is 5.92 Å². The highest BCUT2D eigenvalue weighted by Crippen LogP contribution is 2.37. The number of β-amino-alcohol motifs (C(OH)–C–C–N with tert-alkyl or cyclic N) is 1. The lowest BCUT2D eigenvalue weighted by molar-refractivity contribution is -0.0302. The van der Waals surface area contributed by atoms with Crippen molar-refractivity contribution in [1.29, 1.82) is 0 Å². The van der Waals surface area contributed by atoms with Gasteiger partial charge in [0.2, 0.25) is 0 Å². The molecule has 0 atom stereocenters. The Labute approximate surface area is 119 Å². The molecule has 1 fully saturated rings. The van der Waals surface area contributed by atoms with Crippen LogP contribution < -0.4 is 9.64 Å². The number of aromatic nitrogens is 1. The summed E-state index contributed by atoms with van der Waals surface area (Å²) in [5.74, 6) is 2.03. The topological polar surface area (TPSA) is 45.6 Å². The van der Waals surface area contributed by atoms with Crippen LogP contribution in [0.5, 0.6) is 5.75 Å². The van der Waals surface area contributed by atoms with Gasteiger partial charge in [-0.1, -0.05) is 26.0 Å². The highest BCUT2D eigenvalue weighted by Gasteiger charge is 2.44. The van der Waals surface area contributed by atoms with Crippen molar-refractivity contribution in [3.63, 3.8) is 0 Å². The van der Waals surface area contributed by atoms with E-state index in [0.717, 1.165) is 22.3 Å². The molecule has 1 aromatic heterocycles. The molecule has 0 aliphatic carbocycles. The van der Waals surface area contributed by atoms with E-state index in [0.29, 0.717) is 13.1 Å². The SMILES string of the molecule is COc1cccc2c(N3CC(O)(C(C)C)C3)nccc12. The first-order chi connectivity index (χ1) is 9.55. The fraction of sp³-hybridized carbons (Fsp3) is 0.438. The van der Waals surface area contributed by atoms with Gasteiger partial charge in [0, 0.05) is 17.0 Å². The second-order valence-corrected chi connectivity index (χ2v) is 5.80. The van der Waals surface area contributed by atoms with Crippen molar-refractivity contribution >= 4 is 16.6 Å². The summed E-state index contributed by atoms with van der Waals surface area (Å²) in [6.07, 6.45) is 1.80. The summed E-state index contributed by atoms with van der Waals surface area (Å²) in [6.45, 7) is 5.37. The molecule has 0 radical (unpaired) electrons. The van der Waals surface area contributed by atoms with Gasteiger partial charge >= 0.3 is 0 Å². The van der Waals surface area contributed by atoms with Crippen molar-refractivity contribution < 1.29 is 9.84 Å². The van der Waals surface area contributed by atoms with Crippen molar-refractivity contribution in [3.8, 4) is 5.75 Å². The van der Waals surface area contributed by atoms with Gasteiger partial charge in [-0.25, -0.2) is 4.98 Å². The predicted molar refractivity (Wildman–Crippen MR) is 80.3 cm³/mol. The van der Waals surface area contributed by atoms with Gasteiger partial charge in [-0.3, -0.25) is 0 Å². The first-order valence-corrected chi connectivity index (χ1v) is 6.94. The molecule has 0 unspecified atom stereocenters. The molecule has 4 nitrogen and oxygen atoms in total. The third-order valence-corrected chi connectivity index (χ3v) is 4.27. The molecule has 1 aliphatic rings. The summed E-state index contributed by atoms with van der Waals surface area (Å²) in [6, 6.07) is 7.94. The van der Waals surface area contributed by atoms with Gasteiger partial charge < -0.3 is 14.7 Å². The first-order valence-electron chi connectivity index (χ1n) is 6.94. The van der Waals surface area contributed by atoms with Crippen LogP contribution in [0.15, 0.2) is 30.5 Å². The lowest BCUT2D eigenvalue weighted by atomic mass is 9.83. The van der Waals surface area contributed by atoms with Crippen LogP contribution in [0.4, 0.5) is 5.82 Å². The number of benzene rings is 1.